The molecule has 4 nitrogen and oxygen atoms in total. The maximum atomic E-state index is 4.41. The number of hydrogen-bond acceptors (Lipinski definition) is 4. The molecule has 0 aliphatic carbocycles. The molecule has 0 amide bonds. The molecule has 3 rings (SSSR count). The van der Waals surface area contributed by atoms with Crippen molar-refractivity contribution >= 4 is 10.9 Å². The van der Waals surface area contributed by atoms with Crippen LogP contribution in [-0.2, 0) is 0 Å². The van der Waals surface area contributed by atoms with Gasteiger partial charge in [-0.25, -0.2) is 9.97 Å². The van der Waals surface area contributed by atoms with Crippen LogP contribution in [0.25, 0.3) is 10.9 Å². The van der Waals surface area contributed by atoms with E-state index < -0.39 is 0 Å². The van der Waals surface area contributed by atoms with Crippen molar-refractivity contribution < 1.29 is 0 Å². The van der Waals surface area contributed by atoms with Crippen LogP contribution in [0.3, 0.4) is 0 Å². The molecule has 20 heavy (non-hydrogen) atoms. The van der Waals surface area contributed by atoms with Gasteiger partial charge in [0, 0.05) is 24.0 Å². The molecule has 0 saturated heterocycles. The topological polar surface area (TPSA) is 50.7 Å². The molecule has 100 valence electrons. The Kier molecular flexibility index (Phi) is 3.65. The van der Waals surface area contributed by atoms with Gasteiger partial charge in [0.1, 0.15) is 5.82 Å². The van der Waals surface area contributed by atoms with E-state index in [1.54, 1.807) is 12.4 Å². The van der Waals surface area contributed by atoms with Crippen LogP contribution in [0.15, 0.2) is 55.0 Å². The predicted octanol–water partition coefficient (Wildman–Crippen LogP) is 2.72. The van der Waals surface area contributed by atoms with Crippen molar-refractivity contribution in [2.75, 3.05) is 6.54 Å². The molecule has 0 aliphatic heterocycles. The Balaban J connectivity index is 2.05. The largest absolute Gasteiger partial charge is 0.304 e. The molecule has 4 heteroatoms. The Hall–Kier alpha value is -2.33. The highest BCUT2D eigenvalue weighted by Gasteiger charge is 2.15. The monoisotopic (exact) mass is 264 g/mol. The lowest BCUT2D eigenvalue weighted by molar-refractivity contribution is 0.598. The van der Waals surface area contributed by atoms with E-state index in [1.165, 1.54) is 0 Å². The molecule has 1 N–H and O–H groups in total. The molecule has 0 saturated carbocycles. The lowest BCUT2D eigenvalue weighted by Gasteiger charge is -2.17. The zero-order valence-electron chi connectivity index (χ0n) is 11.3. The van der Waals surface area contributed by atoms with Crippen molar-refractivity contribution in [1.29, 1.82) is 0 Å². The summed E-state index contributed by atoms with van der Waals surface area (Å²) in [6.07, 6.45) is 5.35. The first-order chi connectivity index (χ1) is 9.88. The van der Waals surface area contributed by atoms with Crippen LogP contribution in [-0.4, -0.2) is 21.5 Å². The minimum absolute atomic E-state index is 0.00685. The van der Waals surface area contributed by atoms with Crippen molar-refractivity contribution in [1.82, 2.24) is 20.3 Å². The Morgan fingerprint density at radius 1 is 1.00 bits per heavy atom. The van der Waals surface area contributed by atoms with E-state index in [9.17, 15) is 0 Å². The highest BCUT2D eigenvalue weighted by atomic mass is 15.0. The van der Waals surface area contributed by atoms with Gasteiger partial charge in [-0.1, -0.05) is 25.1 Å². The number of aromatic nitrogens is 3. The van der Waals surface area contributed by atoms with Crippen molar-refractivity contribution in [2.45, 2.75) is 13.0 Å². The van der Waals surface area contributed by atoms with Crippen LogP contribution >= 0.6 is 0 Å². The Morgan fingerprint density at radius 3 is 2.60 bits per heavy atom. The number of hydrogen-bond donors (Lipinski definition) is 1. The second kappa shape index (κ2) is 5.75. The van der Waals surface area contributed by atoms with Crippen molar-refractivity contribution in [2.24, 2.45) is 0 Å². The summed E-state index contributed by atoms with van der Waals surface area (Å²) in [5.74, 6) is 0.782. The molecule has 2 aromatic heterocycles. The van der Waals surface area contributed by atoms with Crippen LogP contribution in [0, 0.1) is 0 Å². The highest BCUT2D eigenvalue weighted by molar-refractivity contribution is 5.79. The molecule has 1 atom stereocenters. The molecule has 0 aliphatic rings. The van der Waals surface area contributed by atoms with Crippen molar-refractivity contribution in [3.63, 3.8) is 0 Å². The van der Waals surface area contributed by atoms with E-state index in [1.807, 2.05) is 18.3 Å². The van der Waals surface area contributed by atoms with Crippen molar-refractivity contribution in [3.8, 4) is 0 Å². The number of rotatable bonds is 4. The Bertz CT molecular complexity index is 697. The minimum Gasteiger partial charge on any atom is -0.304 e. The SMILES string of the molecule is CCNC(c1ccc2cccnc2c1)c1ncccn1. The van der Waals surface area contributed by atoms with E-state index in [4.69, 9.17) is 0 Å². The molecule has 0 spiro atoms. The molecule has 0 fully saturated rings. The fourth-order valence-electron chi connectivity index (χ4n) is 2.29. The average molecular weight is 264 g/mol. The molecule has 0 radical (unpaired) electrons. The summed E-state index contributed by atoms with van der Waals surface area (Å²) in [5.41, 5.74) is 2.12. The van der Waals surface area contributed by atoms with Gasteiger partial charge in [-0.3, -0.25) is 4.98 Å². The summed E-state index contributed by atoms with van der Waals surface area (Å²) in [6.45, 7) is 2.93. The predicted molar refractivity (Wildman–Crippen MR) is 79.3 cm³/mol. The molecule has 0 bridgehead atoms. The highest BCUT2D eigenvalue weighted by Crippen LogP contribution is 2.22. The molecular weight excluding hydrogens is 248 g/mol. The lowest BCUT2D eigenvalue weighted by atomic mass is 10.0. The zero-order valence-corrected chi connectivity index (χ0v) is 11.3. The first-order valence-corrected chi connectivity index (χ1v) is 6.73. The maximum Gasteiger partial charge on any atom is 0.149 e. The van der Waals surface area contributed by atoms with Crippen molar-refractivity contribution in [3.05, 3.63) is 66.4 Å². The first-order valence-electron chi connectivity index (χ1n) is 6.73. The third-order valence-corrected chi connectivity index (χ3v) is 3.22. The fraction of sp³-hybridized carbons (Fsp3) is 0.188. The summed E-state index contributed by atoms with van der Waals surface area (Å²) in [7, 11) is 0. The van der Waals surface area contributed by atoms with E-state index in [2.05, 4.69) is 51.5 Å². The molecule has 2 heterocycles. The number of nitrogens with zero attached hydrogens (tertiary/aromatic N) is 3. The van der Waals surface area contributed by atoms with Gasteiger partial charge >= 0.3 is 0 Å². The van der Waals surface area contributed by atoms with Gasteiger partial charge in [-0.05, 0) is 30.3 Å². The number of pyridine rings is 1. The van der Waals surface area contributed by atoms with Gasteiger partial charge in [-0.2, -0.15) is 0 Å². The van der Waals surface area contributed by atoms with Crippen LogP contribution in [0.5, 0.6) is 0 Å². The molecule has 1 unspecified atom stereocenters. The second-order valence-corrected chi connectivity index (χ2v) is 4.55. The standard InChI is InChI=1S/C16H16N4/c1-2-17-15(16-19-9-4-10-20-16)13-7-6-12-5-3-8-18-14(12)11-13/h3-11,15,17H,2H2,1H3. The van der Waals surface area contributed by atoms with E-state index in [0.29, 0.717) is 0 Å². The van der Waals surface area contributed by atoms with Crippen LogP contribution in [0.4, 0.5) is 0 Å². The summed E-state index contributed by atoms with van der Waals surface area (Å²) < 4.78 is 0. The third-order valence-electron chi connectivity index (χ3n) is 3.22. The maximum absolute atomic E-state index is 4.41. The minimum atomic E-state index is -0.00685. The van der Waals surface area contributed by atoms with Crippen LogP contribution in [0.1, 0.15) is 24.4 Å². The summed E-state index contributed by atoms with van der Waals surface area (Å²) in [4.78, 5) is 13.1. The Labute approximate surface area is 117 Å². The van der Waals surface area contributed by atoms with E-state index >= 15 is 0 Å². The quantitative estimate of drug-likeness (QED) is 0.787. The average Bonchev–Trinajstić information content (AvgIpc) is 2.53. The third kappa shape index (κ3) is 2.51. The first kappa shape index (κ1) is 12.7. The Morgan fingerprint density at radius 2 is 1.80 bits per heavy atom. The summed E-state index contributed by atoms with van der Waals surface area (Å²) in [6, 6.07) is 12.1. The van der Waals surface area contributed by atoms with Crippen LogP contribution < -0.4 is 5.32 Å². The van der Waals surface area contributed by atoms with Gasteiger partial charge in [0.2, 0.25) is 0 Å². The van der Waals surface area contributed by atoms with Gasteiger partial charge in [-0.15, -0.1) is 0 Å². The lowest BCUT2D eigenvalue weighted by Crippen LogP contribution is -2.23. The normalized spacial score (nSPS) is 12.4. The van der Waals surface area contributed by atoms with E-state index in [0.717, 1.165) is 28.8 Å². The van der Waals surface area contributed by atoms with E-state index in [-0.39, 0.29) is 6.04 Å². The van der Waals surface area contributed by atoms with Gasteiger partial charge in [0.25, 0.3) is 0 Å². The summed E-state index contributed by atoms with van der Waals surface area (Å²) >= 11 is 0. The second-order valence-electron chi connectivity index (χ2n) is 4.55. The van der Waals surface area contributed by atoms with Gasteiger partial charge < -0.3 is 5.32 Å². The zero-order chi connectivity index (χ0) is 13.8. The number of benzene rings is 1. The smallest absolute Gasteiger partial charge is 0.149 e. The van der Waals surface area contributed by atoms with Gasteiger partial charge in [0.05, 0.1) is 11.6 Å². The number of nitrogens with one attached hydrogen (secondary N) is 1. The van der Waals surface area contributed by atoms with Crippen LogP contribution in [0.2, 0.25) is 0 Å². The molecular formula is C16H16N4. The summed E-state index contributed by atoms with van der Waals surface area (Å²) in [5, 5.41) is 4.57. The fourth-order valence-corrected chi connectivity index (χ4v) is 2.29. The molecule has 3 aromatic rings. The number of fused-ring (bicyclic) bond motifs is 1. The van der Waals surface area contributed by atoms with Gasteiger partial charge in [0.15, 0.2) is 0 Å². The molecule has 1 aromatic carbocycles.